The Hall–Kier alpha value is -2.33. The lowest BCUT2D eigenvalue weighted by atomic mass is 10.2. The van der Waals surface area contributed by atoms with Crippen molar-refractivity contribution < 1.29 is 4.74 Å². The maximum Gasteiger partial charge on any atom is 0.137 e. The van der Waals surface area contributed by atoms with Crippen LogP contribution in [-0.2, 0) is 13.2 Å². The molecule has 0 aliphatic carbocycles. The number of aromatic nitrogens is 3. The summed E-state index contributed by atoms with van der Waals surface area (Å²) in [5.41, 5.74) is 2.16. The van der Waals surface area contributed by atoms with Crippen LogP contribution in [0, 0.1) is 0 Å². The van der Waals surface area contributed by atoms with Crippen LogP contribution in [0.5, 0.6) is 5.75 Å². The predicted molar refractivity (Wildman–Crippen MR) is 81.4 cm³/mol. The van der Waals surface area contributed by atoms with Gasteiger partial charge in [0.05, 0.1) is 6.54 Å². The molecule has 1 aromatic heterocycles. The minimum atomic E-state index is 0.493. The Bertz CT molecular complexity index is 713. The van der Waals surface area contributed by atoms with E-state index in [1.807, 2.05) is 48.5 Å². The van der Waals surface area contributed by atoms with Gasteiger partial charge >= 0.3 is 0 Å². The molecule has 106 valence electrons. The van der Waals surface area contributed by atoms with Gasteiger partial charge in [-0.05, 0) is 35.4 Å². The average Bonchev–Trinajstić information content (AvgIpc) is 2.99. The van der Waals surface area contributed by atoms with E-state index >= 15 is 0 Å². The normalized spacial score (nSPS) is 10.5. The van der Waals surface area contributed by atoms with Gasteiger partial charge in [0.15, 0.2) is 0 Å². The summed E-state index contributed by atoms with van der Waals surface area (Å²) in [5, 5.41) is 4.81. The Labute approximate surface area is 128 Å². The van der Waals surface area contributed by atoms with Crippen molar-refractivity contribution in [3.63, 3.8) is 0 Å². The first-order valence-corrected chi connectivity index (χ1v) is 6.96. The van der Waals surface area contributed by atoms with Crippen molar-refractivity contribution in [2.45, 2.75) is 13.2 Å². The molecule has 0 amide bonds. The third kappa shape index (κ3) is 3.83. The van der Waals surface area contributed by atoms with Crippen LogP contribution in [0.15, 0.2) is 61.2 Å². The zero-order chi connectivity index (χ0) is 14.5. The van der Waals surface area contributed by atoms with Crippen LogP contribution in [0.4, 0.5) is 0 Å². The molecule has 4 nitrogen and oxygen atoms in total. The molecule has 0 unspecified atom stereocenters. The first-order valence-electron chi connectivity index (χ1n) is 6.58. The molecule has 1 heterocycles. The van der Waals surface area contributed by atoms with Gasteiger partial charge in [0.2, 0.25) is 0 Å². The number of rotatable bonds is 5. The number of ether oxygens (including phenoxy) is 1. The second kappa shape index (κ2) is 6.41. The molecule has 0 bridgehead atoms. The summed E-state index contributed by atoms with van der Waals surface area (Å²) in [6.45, 7) is 1.17. The summed E-state index contributed by atoms with van der Waals surface area (Å²) in [7, 11) is 0. The van der Waals surface area contributed by atoms with E-state index in [4.69, 9.17) is 16.3 Å². The maximum absolute atomic E-state index is 5.96. The fraction of sp³-hybridized carbons (Fsp3) is 0.125. The molecule has 0 saturated heterocycles. The van der Waals surface area contributed by atoms with Gasteiger partial charge in [-0.15, -0.1) is 0 Å². The van der Waals surface area contributed by atoms with Crippen molar-refractivity contribution >= 4 is 11.6 Å². The molecule has 21 heavy (non-hydrogen) atoms. The third-order valence-electron chi connectivity index (χ3n) is 3.00. The van der Waals surface area contributed by atoms with Crippen molar-refractivity contribution in [1.29, 1.82) is 0 Å². The van der Waals surface area contributed by atoms with Crippen LogP contribution >= 0.6 is 11.6 Å². The molecular weight excluding hydrogens is 286 g/mol. The molecule has 0 radical (unpaired) electrons. The first-order chi connectivity index (χ1) is 10.3. The zero-order valence-corrected chi connectivity index (χ0v) is 12.1. The number of hydrogen-bond acceptors (Lipinski definition) is 3. The quantitative estimate of drug-likeness (QED) is 0.723. The number of benzene rings is 2. The van der Waals surface area contributed by atoms with E-state index in [-0.39, 0.29) is 0 Å². The van der Waals surface area contributed by atoms with Gasteiger partial charge in [0, 0.05) is 5.02 Å². The Morgan fingerprint density at radius 1 is 1.05 bits per heavy atom. The lowest BCUT2D eigenvalue weighted by Gasteiger charge is -2.08. The summed E-state index contributed by atoms with van der Waals surface area (Å²) < 4.78 is 7.58. The molecule has 0 aliphatic heterocycles. The van der Waals surface area contributed by atoms with E-state index in [1.165, 1.54) is 6.33 Å². The molecular formula is C16H14ClN3O. The van der Waals surface area contributed by atoms with Crippen molar-refractivity contribution in [3.05, 3.63) is 77.3 Å². The molecule has 0 atom stereocenters. The maximum atomic E-state index is 5.96. The first kappa shape index (κ1) is 13.6. The predicted octanol–water partition coefficient (Wildman–Crippen LogP) is 3.56. The van der Waals surface area contributed by atoms with Crippen LogP contribution in [0.25, 0.3) is 0 Å². The van der Waals surface area contributed by atoms with E-state index in [2.05, 4.69) is 10.1 Å². The largest absolute Gasteiger partial charge is 0.489 e. The van der Waals surface area contributed by atoms with E-state index in [0.29, 0.717) is 13.2 Å². The standard InChI is InChI=1S/C16H14ClN3O/c17-15-5-1-4-14(7-15)10-21-16-6-2-3-13(8-16)9-20-12-18-11-19-20/h1-8,11-12H,9-10H2. The zero-order valence-electron chi connectivity index (χ0n) is 11.3. The van der Waals surface area contributed by atoms with Crippen molar-refractivity contribution in [2.24, 2.45) is 0 Å². The topological polar surface area (TPSA) is 39.9 Å². The van der Waals surface area contributed by atoms with E-state index in [0.717, 1.165) is 21.9 Å². The summed E-state index contributed by atoms with van der Waals surface area (Å²) in [6, 6.07) is 15.6. The van der Waals surface area contributed by atoms with Crippen molar-refractivity contribution in [3.8, 4) is 5.75 Å². The van der Waals surface area contributed by atoms with Crippen molar-refractivity contribution in [1.82, 2.24) is 14.8 Å². The molecule has 0 aliphatic rings. The van der Waals surface area contributed by atoms with Crippen LogP contribution < -0.4 is 4.74 Å². The van der Waals surface area contributed by atoms with Crippen LogP contribution in [0.2, 0.25) is 5.02 Å². The molecule has 2 aromatic carbocycles. The molecule has 0 spiro atoms. The Morgan fingerprint density at radius 3 is 2.71 bits per heavy atom. The number of halogens is 1. The van der Waals surface area contributed by atoms with E-state index in [1.54, 1.807) is 11.0 Å². The Kier molecular flexibility index (Phi) is 4.17. The van der Waals surface area contributed by atoms with Gasteiger partial charge in [-0.25, -0.2) is 9.67 Å². The Balaban J connectivity index is 1.66. The summed E-state index contributed by atoms with van der Waals surface area (Å²) >= 11 is 5.96. The SMILES string of the molecule is Clc1cccc(COc2cccc(Cn3cncn3)c2)c1. The molecule has 3 rings (SSSR count). The second-order valence-corrected chi connectivity index (χ2v) is 5.10. The average molecular weight is 300 g/mol. The fourth-order valence-corrected chi connectivity index (χ4v) is 2.24. The van der Waals surface area contributed by atoms with Gasteiger partial charge in [0.1, 0.15) is 25.0 Å². The highest BCUT2D eigenvalue weighted by Gasteiger charge is 2.00. The van der Waals surface area contributed by atoms with Gasteiger partial charge in [-0.3, -0.25) is 0 Å². The summed E-state index contributed by atoms with van der Waals surface area (Å²) in [4.78, 5) is 3.93. The minimum absolute atomic E-state index is 0.493. The lowest BCUT2D eigenvalue weighted by molar-refractivity contribution is 0.306. The molecule has 0 saturated carbocycles. The summed E-state index contributed by atoms with van der Waals surface area (Å²) in [6.07, 6.45) is 3.22. The number of nitrogens with zero attached hydrogens (tertiary/aromatic N) is 3. The second-order valence-electron chi connectivity index (χ2n) is 4.66. The van der Waals surface area contributed by atoms with E-state index < -0.39 is 0 Å². The number of hydrogen-bond donors (Lipinski definition) is 0. The minimum Gasteiger partial charge on any atom is -0.489 e. The van der Waals surface area contributed by atoms with Gasteiger partial charge < -0.3 is 4.74 Å². The van der Waals surface area contributed by atoms with Crippen LogP contribution in [-0.4, -0.2) is 14.8 Å². The van der Waals surface area contributed by atoms with Gasteiger partial charge in [-0.2, -0.15) is 5.10 Å². The Morgan fingerprint density at radius 2 is 1.90 bits per heavy atom. The smallest absolute Gasteiger partial charge is 0.137 e. The highest BCUT2D eigenvalue weighted by Crippen LogP contribution is 2.17. The monoisotopic (exact) mass is 299 g/mol. The van der Waals surface area contributed by atoms with E-state index in [9.17, 15) is 0 Å². The van der Waals surface area contributed by atoms with Crippen LogP contribution in [0.1, 0.15) is 11.1 Å². The van der Waals surface area contributed by atoms with Crippen molar-refractivity contribution in [2.75, 3.05) is 0 Å². The van der Waals surface area contributed by atoms with Gasteiger partial charge in [-0.1, -0.05) is 35.9 Å². The van der Waals surface area contributed by atoms with Crippen LogP contribution in [0.3, 0.4) is 0 Å². The van der Waals surface area contributed by atoms with Gasteiger partial charge in [0.25, 0.3) is 0 Å². The molecule has 0 N–H and O–H groups in total. The highest BCUT2D eigenvalue weighted by atomic mass is 35.5. The fourth-order valence-electron chi connectivity index (χ4n) is 2.03. The summed E-state index contributed by atoms with van der Waals surface area (Å²) in [5.74, 6) is 0.826. The lowest BCUT2D eigenvalue weighted by Crippen LogP contribution is -2.01. The molecule has 0 fully saturated rings. The molecule has 5 heteroatoms. The molecule has 3 aromatic rings. The third-order valence-corrected chi connectivity index (χ3v) is 3.24. The highest BCUT2D eigenvalue weighted by molar-refractivity contribution is 6.30.